The van der Waals surface area contributed by atoms with Crippen LogP contribution in [0.3, 0.4) is 0 Å². The van der Waals surface area contributed by atoms with Crippen LogP contribution in [-0.4, -0.2) is 30.9 Å². The Bertz CT molecular complexity index is 1580. The first-order valence-electron chi connectivity index (χ1n) is 9.93. The van der Waals surface area contributed by atoms with Gasteiger partial charge in [0.1, 0.15) is 17.2 Å². The molecule has 8 nitrogen and oxygen atoms in total. The number of primary sulfonamides is 1. The number of aromatic amines is 1. The molecule has 5 rings (SSSR count). The van der Waals surface area contributed by atoms with E-state index in [9.17, 15) is 17.6 Å². The normalized spacial score (nSPS) is 13.7. The minimum absolute atomic E-state index is 0.0566. The van der Waals surface area contributed by atoms with Gasteiger partial charge in [0.2, 0.25) is 15.8 Å². The quantitative estimate of drug-likeness (QED) is 0.420. The van der Waals surface area contributed by atoms with Crippen LogP contribution >= 0.6 is 0 Å². The Morgan fingerprint density at radius 1 is 1.12 bits per heavy atom. The number of ketones is 1. The molecule has 0 bridgehead atoms. The second kappa shape index (κ2) is 8.04. The van der Waals surface area contributed by atoms with Gasteiger partial charge in [-0.3, -0.25) is 4.79 Å². The van der Waals surface area contributed by atoms with Gasteiger partial charge in [0.15, 0.2) is 12.5 Å². The van der Waals surface area contributed by atoms with Gasteiger partial charge in [-0.05, 0) is 48.5 Å². The van der Waals surface area contributed by atoms with Crippen LogP contribution in [0.4, 0.5) is 14.5 Å². The van der Waals surface area contributed by atoms with E-state index in [0.29, 0.717) is 22.4 Å². The molecule has 0 saturated carbocycles. The third kappa shape index (κ3) is 3.70. The lowest BCUT2D eigenvalue weighted by Gasteiger charge is -2.16. The summed E-state index contributed by atoms with van der Waals surface area (Å²) in [6.45, 7) is -0.0978. The van der Waals surface area contributed by atoms with Crippen LogP contribution in [0.5, 0.6) is 0 Å². The van der Waals surface area contributed by atoms with Crippen LogP contribution in [0.1, 0.15) is 21.5 Å². The van der Waals surface area contributed by atoms with Crippen molar-refractivity contribution in [2.45, 2.75) is 4.90 Å². The van der Waals surface area contributed by atoms with Gasteiger partial charge in [0.25, 0.3) is 0 Å². The Labute approximate surface area is 192 Å². The van der Waals surface area contributed by atoms with E-state index in [0.717, 1.165) is 6.07 Å². The summed E-state index contributed by atoms with van der Waals surface area (Å²) < 4.78 is 58.5. The van der Waals surface area contributed by atoms with Crippen molar-refractivity contribution in [1.29, 1.82) is 0 Å². The molecule has 1 aliphatic heterocycles. The molecule has 4 aromatic rings. The van der Waals surface area contributed by atoms with Crippen molar-refractivity contribution in [3.8, 4) is 0 Å². The van der Waals surface area contributed by atoms with Gasteiger partial charge in [-0.1, -0.05) is 0 Å². The van der Waals surface area contributed by atoms with E-state index in [1.54, 1.807) is 12.1 Å². The number of hydrogen-bond donors (Lipinski definition) is 2. The molecule has 34 heavy (non-hydrogen) atoms. The first-order chi connectivity index (χ1) is 16.2. The molecular formula is C23H16F2N4O4S. The average molecular weight is 482 g/mol. The molecule has 0 spiro atoms. The monoisotopic (exact) mass is 482 g/mol. The van der Waals surface area contributed by atoms with Crippen molar-refractivity contribution in [1.82, 2.24) is 9.97 Å². The number of anilines is 1. The Balaban J connectivity index is 1.49. The summed E-state index contributed by atoms with van der Waals surface area (Å²) in [5.74, 6) is -2.51. The molecule has 0 amide bonds. The summed E-state index contributed by atoms with van der Waals surface area (Å²) in [4.78, 5) is 21.3. The van der Waals surface area contributed by atoms with Crippen molar-refractivity contribution in [2.75, 3.05) is 11.6 Å². The number of nitrogens with one attached hydrogen (secondary N) is 1. The van der Waals surface area contributed by atoms with Gasteiger partial charge in [0.05, 0.1) is 22.3 Å². The summed E-state index contributed by atoms with van der Waals surface area (Å²) in [7, 11) is -3.85. The van der Waals surface area contributed by atoms with Crippen molar-refractivity contribution in [3.63, 3.8) is 0 Å². The van der Waals surface area contributed by atoms with Gasteiger partial charge in [0, 0.05) is 28.9 Å². The molecule has 11 heteroatoms. The Morgan fingerprint density at radius 2 is 1.88 bits per heavy atom. The zero-order valence-electron chi connectivity index (χ0n) is 17.3. The number of sulfonamides is 1. The number of ether oxygens (including phenoxy) is 1. The second-order valence-electron chi connectivity index (χ2n) is 7.49. The fraction of sp³-hybridized carbons (Fsp3) is 0.0435. The van der Waals surface area contributed by atoms with Crippen LogP contribution in [-0.2, 0) is 14.8 Å². The Hall–Kier alpha value is -4.09. The van der Waals surface area contributed by atoms with Crippen molar-refractivity contribution < 1.29 is 26.7 Å². The lowest BCUT2D eigenvalue weighted by atomic mass is 10.0. The number of fused-ring (bicyclic) bond motifs is 1. The van der Waals surface area contributed by atoms with E-state index in [1.165, 1.54) is 53.8 Å². The molecule has 0 fully saturated rings. The highest BCUT2D eigenvalue weighted by atomic mass is 32.2. The number of nitrogens with two attached hydrogens (primary N) is 1. The topological polar surface area (TPSA) is 118 Å². The molecular weight excluding hydrogens is 466 g/mol. The van der Waals surface area contributed by atoms with Crippen LogP contribution in [0.15, 0.2) is 72.0 Å². The van der Waals surface area contributed by atoms with Gasteiger partial charge < -0.3 is 14.6 Å². The molecule has 0 unspecified atom stereocenters. The number of carbonyl (C=O) groups is 1. The fourth-order valence-electron chi connectivity index (χ4n) is 3.71. The minimum atomic E-state index is -3.85. The summed E-state index contributed by atoms with van der Waals surface area (Å²) in [5.41, 5.74) is 0.305. The van der Waals surface area contributed by atoms with E-state index < -0.39 is 33.0 Å². The van der Waals surface area contributed by atoms with E-state index in [-0.39, 0.29) is 22.9 Å². The summed E-state index contributed by atoms with van der Waals surface area (Å²) in [6.07, 6.45) is 4.38. The smallest absolute Gasteiger partial charge is 0.238 e. The van der Waals surface area contributed by atoms with Crippen LogP contribution in [0, 0.1) is 11.6 Å². The summed E-state index contributed by atoms with van der Waals surface area (Å²) in [6, 6.07) is 11.1. The Morgan fingerprint density at radius 3 is 2.62 bits per heavy atom. The fourth-order valence-corrected chi connectivity index (χ4v) is 4.23. The zero-order chi connectivity index (χ0) is 24.0. The number of pyridine rings is 1. The predicted molar refractivity (Wildman–Crippen MR) is 120 cm³/mol. The number of hydrogen-bond acceptors (Lipinski definition) is 6. The predicted octanol–water partition coefficient (Wildman–Crippen LogP) is 3.51. The highest BCUT2D eigenvalue weighted by Gasteiger charge is 2.27. The maximum Gasteiger partial charge on any atom is 0.238 e. The van der Waals surface area contributed by atoms with Crippen molar-refractivity contribution in [2.24, 2.45) is 5.14 Å². The molecule has 2 aromatic carbocycles. The lowest BCUT2D eigenvalue weighted by molar-refractivity contribution is 0.103. The van der Waals surface area contributed by atoms with Crippen molar-refractivity contribution in [3.05, 3.63) is 95.4 Å². The third-order valence-corrected chi connectivity index (χ3v) is 6.33. The molecule has 172 valence electrons. The van der Waals surface area contributed by atoms with Crippen molar-refractivity contribution >= 4 is 38.3 Å². The molecule has 0 atom stereocenters. The van der Waals surface area contributed by atoms with Gasteiger partial charge in [-0.15, -0.1) is 0 Å². The average Bonchev–Trinajstić information content (AvgIpc) is 3.46. The lowest BCUT2D eigenvalue weighted by Crippen LogP contribution is -2.17. The van der Waals surface area contributed by atoms with Crippen LogP contribution in [0.25, 0.3) is 16.8 Å². The van der Waals surface area contributed by atoms with Crippen LogP contribution in [0.2, 0.25) is 0 Å². The summed E-state index contributed by atoms with van der Waals surface area (Å²) in [5, 5.41) is 5.55. The molecule has 0 aliphatic carbocycles. The van der Waals surface area contributed by atoms with Gasteiger partial charge in [-0.25, -0.2) is 27.3 Å². The second-order valence-corrected chi connectivity index (χ2v) is 9.05. The number of halogens is 2. The minimum Gasteiger partial charge on any atom is -0.471 e. The third-order valence-electron chi connectivity index (χ3n) is 5.40. The number of carbonyl (C=O) groups excluding carboxylic acids is 1. The Kier molecular flexibility index (Phi) is 5.14. The number of H-pyrrole nitrogens is 1. The first-order valence-corrected chi connectivity index (χ1v) is 11.5. The molecule has 0 radical (unpaired) electrons. The number of rotatable bonds is 5. The maximum absolute atomic E-state index is 15.4. The molecule has 1 aliphatic rings. The molecule has 3 heterocycles. The standard InChI is InChI=1S/C23H16F2N4O4S/c24-17-7-8-18(21(25)20(17)22(30)16-10-28-23-15(16)2-1-9-27-23)29-11-19(33-12-29)13-3-5-14(6-4-13)34(26,31)32/h1-11H,12H2,(H,27,28)(H2,26,31,32). The molecule has 0 saturated heterocycles. The van der Waals surface area contributed by atoms with E-state index in [4.69, 9.17) is 9.88 Å². The number of aromatic nitrogens is 2. The molecule has 3 N–H and O–H groups in total. The summed E-state index contributed by atoms with van der Waals surface area (Å²) >= 11 is 0. The number of nitrogens with zero attached hydrogens (tertiary/aromatic N) is 2. The van der Waals surface area contributed by atoms with Gasteiger partial charge in [-0.2, -0.15) is 0 Å². The van der Waals surface area contributed by atoms with E-state index in [2.05, 4.69) is 9.97 Å². The first kappa shape index (κ1) is 21.7. The highest BCUT2D eigenvalue weighted by molar-refractivity contribution is 7.89. The number of benzene rings is 2. The van der Waals surface area contributed by atoms with E-state index >= 15 is 4.39 Å². The zero-order valence-corrected chi connectivity index (χ0v) is 18.1. The van der Waals surface area contributed by atoms with E-state index in [1.807, 2.05) is 0 Å². The highest BCUT2D eigenvalue weighted by Crippen LogP contribution is 2.33. The molecule has 2 aromatic heterocycles. The maximum atomic E-state index is 15.4. The largest absolute Gasteiger partial charge is 0.471 e. The van der Waals surface area contributed by atoms with Gasteiger partial charge >= 0.3 is 0 Å². The SMILES string of the molecule is NS(=O)(=O)c1ccc(C2=CN(c3ccc(F)c(C(=O)c4c[nH]c5ncccc45)c3F)CO2)cc1. The van der Waals surface area contributed by atoms with Crippen LogP contribution < -0.4 is 10.0 Å².